The van der Waals surface area contributed by atoms with Crippen LogP contribution in [0.4, 0.5) is 9.59 Å². The minimum atomic E-state index is -0.438. The maximum Gasteiger partial charge on any atom is 0.410 e. The van der Waals surface area contributed by atoms with E-state index in [4.69, 9.17) is 9.47 Å². The lowest BCUT2D eigenvalue weighted by atomic mass is 9.83. The summed E-state index contributed by atoms with van der Waals surface area (Å²) in [5, 5.41) is 0. The summed E-state index contributed by atoms with van der Waals surface area (Å²) in [6, 6.07) is 0. The van der Waals surface area contributed by atoms with Crippen molar-refractivity contribution in [2.45, 2.75) is 65.4 Å². The number of carbonyl (C=O) groups is 2. The monoisotopic (exact) mass is 354 g/mol. The molecule has 0 aromatic heterocycles. The third kappa shape index (κ3) is 6.40. The predicted octanol–water partition coefficient (Wildman–Crippen LogP) is 3.89. The van der Waals surface area contributed by atoms with Crippen LogP contribution in [-0.4, -0.2) is 60.4 Å². The molecular weight excluding hydrogens is 320 g/mol. The van der Waals surface area contributed by atoms with Gasteiger partial charge in [-0.05, 0) is 71.6 Å². The number of ether oxygens (including phenoxy) is 2. The van der Waals surface area contributed by atoms with Crippen LogP contribution >= 0.6 is 0 Å². The highest BCUT2D eigenvalue weighted by molar-refractivity contribution is 5.68. The Morgan fingerprint density at radius 2 is 1.64 bits per heavy atom. The largest absolute Gasteiger partial charge is 0.450 e. The van der Waals surface area contributed by atoms with Crippen molar-refractivity contribution in [2.24, 2.45) is 11.8 Å². The number of nitrogens with zero attached hydrogens (tertiary/aromatic N) is 2. The Balaban J connectivity index is 1.74. The van der Waals surface area contributed by atoms with Crippen LogP contribution in [0, 0.1) is 11.8 Å². The van der Waals surface area contributed by atoms with E-state index in [1.54, 1.807) is 0 Å². The van der Waals surface area contributed by atoms with Gasteiger partial charge in [0.2, 0.25) is 0 Å². The van der Waals surface area contributed by atoms with E-state index in [1.165, 1.54) is 6.42 Å². The summed E-state index contributed by atoms with van der Waals surface area (Å²) in [6.45, 7) is 11.1. The van der Waals surface area contributed by atoms with Gasteiger partial charge in [0.05, 0.1) is 6.61 Å². The molecule has 144 valence electrons. The van der Waals surface area contributed by atoms with Crippen molar-refractivity contribution in [3.05, 3.63) is 0 Å². The second-order valence-corrected chi connectivity index (χ2v) is 8.30. The van der Waals surface area contributed by atoms with E-state index >= 15 is 0 Å². The van der Waals surface area contributed by atoms with Crippen LogP contribution in [0.5, 0.6) is 0 Å². The maximum absolute atomic E-state index is 12.1. The molecule has 0 aliphatic carbocycles. The van der Waals surface area contributed by atoms with Crippen molar-refractivity contribution in [3.63, 3.8) is 0 Å². The highest BCUT2D eigenvalue weighted by atomic mass is 16.6. The van der Waals surface area contributed by atoms with Crippen LogP contribution in [0.1, 0.15) is 59.8 Å². The molecule has 0 spiro atoms. The van der Waals surface area contributed by atoms with Gasteiger partial charge in [0.1, 0.15) is 5.60 Å². The number of carbonyl (C=O) groups excluding carboxylic acids is 2. The van der Waals surface area contributed by atoms with Gasteiger partial charge in [0, 0.05) is 26.2 Å². The first-order valence-electron chi connectivity index (χ1n) is 9.68. The molecule has 0 N–H and O–H groups in total. The molecule has 6 nitrogen and oxygen atoms in total. The Bertz CT molecular complexity index is 453. The SMILES string of the molecule is CCOC(=O)N1CCCC(CC2CCN(C(=O)OC(C)(C)C)CC2)C1. The fraction of sp³-hybridized carbons (Fsp3) is 0.895. The average molecular weight is 354 g/mol. The van der Waals surface area contributed by atoms with E-state index in [9.17, 15) is 9.59 Å². The van der Waals surface area contributed by atoms with Crippen molar-refractivity contribution in [2.75, 3.05) is 32.8 Å². The molecule has 1 unspecified atom stereocenters. The van der Waals surface area contributed by atoms with Gasteiger partial charge >= 0.3 is 12.2 Å². The molecule has 2 heterocycles. The number of likely N-dealkylation sites (tertiary alicyclic amines) is 2. The molecule has 2 rings (SSSR count). The van der Waals surface area contributed by atoms with Gasteiger partial charge in [-0.1, -0.05) is 0 Å². The lowest BCUT2D eigenvalue weighted by molar-refractivity contribution is 0.0167. The molecule has 0 radical (unpaired) electrons. The van der Waals surface area contributed by atoms with Crippen LogP contribution in [0.25, 0.3) is 0 Å². The van der Waals surface area contributed by atoms with Gasteiger partial charge in [-0.3, -0.25) is 0 Å². The topological polar surface area (TPSA) is 59.1 Å². The normalized spacial score (nSPS) is 22.6. The van der Waals surface area contributed by atoms with E-state index in [0.717, 1.165) is 51.9 Å². The molecule has 0 aromatic carbocycles. The highest BCUT2D eigenvalue weighted by Gasteiger charge is 2.30. The Morgan fingerprint density at radius 1 is 0.960 bits per heavy atom. The third-order valence-corrected chi connectivity index (χ3v) is 4.98. The van der Waals surface area contributed by atoms with Gasteiger partial charge in [-0.25, -0.2) is 9.59 Å². The molecule has 0 aromatic rings. The van der Waals surface area contributed by atoms with Gasteiger partial charge in [0.15, 0.2) is 0 Å². The van der Waals surface area contributed by atoms with E-state index in [2.05, 4.69) is 0 Å². The highest BCUT2D eigenvalue weighted by Crippen LogP contribution is 2.30. The van der Waals surface area contributed by atoms with Crippen LogP contribution in [0.3, 0.4) is 0 Å². The molecule has 2 aliphatic rings. The fourth-order valence-corrected chi connectivity index (χ4v) is 3.79. The van der Waals surface area contributed by atoms with Crippen LogP contribution in [0.15, 0.2) is 0 Å². The first kappa shape index (κ1) is 19.9. The molecule has 1 atom stereocenters. The summed E-state index contributed by atoms with van der Waals surface area (Å²) in [5.74, 6) is 1.18. The van der Waals surface area contributed by atoms with Crippen LogP contribution in [-0.2, 0) is 9.47 Å². The van der Waals surface area contributed by atoms with Gasteiger partial charge < -0.3 is 19.3 Å². The summed E-state index contributed by atoms with van der Waals surface area (Å²) >= 11 is 0. The second kappa shape index (κ2) is 8.77. The molecule has 2 saturated heterocycles. The van der Waals surface area contributed by atoms with Crippen molar-refractivity contribution >= 4 is 12.2 Å². The van der Waals surface area contributed by atoms with Crippen molar-refractivity contribution in [1.29, 1.82) is 0 Å². The Kier molecular flexibility index (Phi) is 6.96. The molecule has 2 fully saturated rings. The van der Waals surface area contributed by atoms with Crippen molar-refractivity contribution in [1.82, 2.24) is 9.80 Å². The number of hydrogen-bond acceptors (Lipinski definition) is 4. The second-order valence-electron chi connectivity index (χ2n) is 8.30. The van der Waals surface area contributed by atoms with E-state index in [0.29, 0.717) is 18.4 Å². The van der Waals surface area contributed by atoms with Gasteiger partial charge in [-0.2, -0.15) is 0 Å². The van der Waals surface area contributed by atoms with E-state index in [-0.39, 0.29) is 12.2 Å². The molecule has 2 amide bonds. The smallest absolute Gasteiger partial charge is 0.410 e. The lowest BCUT2D eigenvalue weighted by Crippen LogP contribution is -2.43. The Hall–Kier alpha value is -1.46. The van der Waals surface area contributed by atoms with E-state index in [1.807, 2.05) is 37.5 Å². The summed E-state index contributed by atoms with van der Waals surface area (Å²) in [5.41, 5.74) is -0.438. The zero-order chi connectivity index (χ0) is 18.4. The Labute approximate surface area is 151 Å². The predicted molar refractivity (Wildman–Crippen MR) is 96.5 cm³/mol. The number of rotatable bonds is 3. The molecular formula is C19H34N2O4. The minimum Gasteiger partial charge on any atom is -0.450 e. The summed E-state index contributed by atoms with van der Waals surface area (Å²) in [6.07, 6.45) is 5.05. The Morgan fingerprint density at radius 3 is 2.24 bits per heavy atom. The zero-order valence-electron chi connectivity index (χ0n) is 16.3. The van der Waals surface area contributed by atoms with Crippen molar-refractivity contribution in [3.8, 4) is 0 Å². The lowest BCUT2D eigenvalue weighted by Gasteiger charge is -2.37. The van der Waals surface area contributed by atoms with Crippen LogP contribution < -0.4 is 0 Å². The third-order valence-electron chi connectivity index (χ3n) is 4.98. The minimum absolute atomic E-state index is 0.174. The first-order chi connectivity index (χ1) is 11.8. The summed E-state index contributed by atoms with van der Waals surface area (Å²) in [7, 11) is 0. The van der Waals surface area contributed by atoms with Gasteiger partial charge in [0.25, 0.3) is 0 Å². The summed E-state index contributed by atoms with van der Waals surface area (Å²) < 4.78 is 10.6. The van der Waals surface area contributed by atoms with E-state index < -0.39 is 5.60 Å². The number of piperidine rings is 2. The standard InChI is InChI=1S/C19H34N2O4/c1-5-24-17(22)21-10-6-7-16(14-21)13-15-8-11-20(12-9-15)18(23)25-19(2,3)4/h15-16H,5-14H2,1-4H3. The van der Waals surface area contributed by atoms with Crippen LogP contribution in [0.2, 0.25) is 0 Å². The molecule has 6 heteroatoms. The van der Waals surface area contributed by atoms with Gasteiger partial charge in [-0.15, -0.1) is 0 Å². The quantitative estimate of drug-likeness (QED) is 0.771. The first-order valence-corrected chi connectivity index (χ1v) is 9.68. The summed E-state index contributed by atoms with van der Waals surface area (Å²) in [4.78, 5) is 27.7. The average Bonchev–Trinajstić information content (AvgIpc) is 2.54. The molecule has 25 heavy (non-hydrogen) atoms. The fourth-order valence-electron chi connectivity index (χ4n) is 3.79. The van der Waals surface area contributed by atoms with Crippen molar-refractivity contribution < 1.29 is 19.1 Å². The number of hydrogen-bond donors (Lipinski definition) is 0. The zero-order valence-corrected chi connectivity index (χ0v) is 16.3. The molecule has 2 aliphatic heterocycles. The number of amides is 2. The molecule has 0 saturated carbocycles. The molecule has 0 bridgehead atoms. The maximum atomic E-state index is 12.1.